The van der Waals surface area contributed by atoms with E-state index in [1.807, 2.05) is 43.6 Å². The second-order valence-electron chi connectivity index (χ2n) is 5.90. The van der Waals surface area contributed by atoms with Crippen molar-refractivity contribution in [3.05, 3.63) is 48.4 Å². The predicted octanol–water partition coefficient (Wildman–Crippen LogP) is 2.37. The third-order valence-electron chi connectivity index (χ3n) is 4.14. The third-order valence-corrected chi connectivity index (χ3v) is 4.14. The zero-order valence-electron chi connectivity index (χ0n) is 14.0. The van der Waals surface area contributed by atoms with Gasteiger partial charge in [0.1, 0.15) is 5.75 Å². The van der Waals surface area contributed by atoms with Crippen LogP contribution in [0.4, 0.5) is 0 Å². The maximum atomic E-state index is 12.2. The standard InChI is InChI=1S/C18H22N4O2/c1-13(12-22-9-3-7-21-22)18(23)19-8-6-14-11-20-17-5-4-15(24-2)10-16(14)17/h3-5,7,9-11,13,20H,6,8,12H2,1-2H3,(H,19,23). The molecule has 0 aliphatic carbocycles. The van der Waals surface area contributed by atoms with Gasteiger partial charge in [0.25, 0.3) is 0 Å². The Morgan fingerprint density at radius 1 is 1.46 bits per heavy atom. The molecule has 1 atom stereocenters. The summed E-state index contributed by atoms with van der Waals surface area (Å²) in [6, 6.07) is 7.81. The molecule has 1 amide bonds. The third kappa shape index (κ3) is 3.59. The van der Waals surface area contributed by atoms with Crippen molar-refractivity contribution in [2.45, 2.75) is 19.9 Å². The number of rotatable bonds is 7. The van der Waals surface area contributed by atoms with Crippen LogP contribution in [0.2, 0.25) is 0 Å². The normalized spacial score (nSPS) is 12.2. The van der Waals surface area contributed by atoms with Crippen molar-refractivity contribution in [1.29, 1.82) is 0 Å². The zero-order valence-corrected chi connectivity index (χ0v) is 14.0. The lowest BCUT2D eigenvalue weighted by atomic mass is 10.1. The van der Waals surface area contributed by atoms with E-state index in [-0.39, 0.29) is 11.8 Å². The number of methoxy groups -OCH3 is 1. The Kier molecular flexibility index (Phi) is 4.84. The first-order chi connectivity index (χ1) is 11.7. The highest BCUT2D eigenvalue weighted by atomic mass is 16.5. The van der Waals surface area contributed by atoms with Gasteiger partial charge in [0.15, 0.2) is 0 Å². The molecule has 1 unspecified atom stereocenters. The summed E-state index contributed by atoms with van der Waals surface area (Å²) in [6.07, 6.45) is 6.34. The molecular formula is C18H22N4O2. The van der Waals surface area contributed by atoms with Gasteiger partial charge >= 0.3 is 0 Å². The summed E-state index contributed by atoms with van der Waals surface area (Å²) in [5.74, 6) is 0.760. The first-order valence-corrected chi connectivity index (χ1v) is 8.06. The van der Waals surface area contributed by atoms with Gasteiger partial charge in [0, 0.05) is 36.0 Å². The Morgan fingerprint density at radius 2 is 2.33 bits per heavy atom. The first kappa shape index (κ1) is 16.1. The number of aromatic amines is 1. The van der Waals surface area contributed by atoms with E-state index in [0.29, 0.717) is 13.1 Å². The molecule has 2 N–H and O–H groups in total. The van der Waals surface area contributed by atoms with Crippen molar-refractivity contribution in [2.75, 3.05) is 13.7 Å². The minimum atomic E-state index is -0.118. The summed E-state index contributed by atoms with van der Waals surface area (Å²) < 4.78 is 7.05. The Hall–Kier alpha value is -2.76. The van der Waals surface area contributed by atoms with Crippen LogP contribution in [0, 0.1) is 5.92 Å². The van der Waals surface area contributed by atoms with E-state index in [1.54, 1.807) is 18.0 Å². The van der Waals surface area contributed by atoms with Crippen molar-refractivity contribution in [1.82, 2.24) is 20.1 Å². The monoisotopic (exact) mass is 326 g/mol. The molecule has 0 aliphatic heterocycles. The number of fused-ring (bicyclic) bond motifs is 1. The lowest BCUT2D eigenvalue weighted by molar-refractivity contribution is -0.124. The molecule has 2 aromatic heterocycles. The highest BCUT2D eigenvalue weighted by Crippen LogP contribution is 2.23. The smallest absolute Gasteiger partial charge is 0.224 e. The fourth-order valence-corrected chi connectivity index (χ4v) is 2.76. The van der Waals surface area contributed by atoms with Gasteiger partial charge in [0.05, 0.1) is 19.6 Å². The van der Waals surface area contributed by atoms with E-state index in [1.165, 1.54) is 5.56 Å². The predicted molar refractivity (Wildman–Crippen MR) is 93.0 cm³/mol. The maximum absolute atomic E-state index is 12.2. The minimum Gasteiger partial charge on any atom is -0.497 e. The highest BCUT2D eigenvalue weighted by molar-refractivity contribution is 5.84. The topological polar surface area (TPSA) is 71.9 Å². The Labute approximate surface area is 140 Å². The van der Waals surface area contributed by atoms with Crippen LogP contribution in [0.15, 0.2) is 42.9 Å². The number of amides is 1. The molecule has 0 spiro atoms. The number of hydrogen-bond donors (Lipinski definition) is 2. The van der Waals surface area contributed by atoms with Crippen LogP contribution in [0.1, 0.15) is 12.5 Å². The second kappa shape index (κ2) is 7.21. The molecule has 0 saturated heterocycles. The quantitative estimate of drug-likeness (QED) is 0.700. The lowest BCUT2D eigenvalue weighted by Gasteiger charge is -2.12. The van der Waals surface area contributed by atoms with Gasteiger partial charge in [-0.1, -0.05) is 6.92 Å². The number of nitrogens with one attached hydrogen (secondary N) is 2. The summed E-state index contributed by atoms with van der Waals surface area (Å²) in [5.41, 5.74) is 2.24. The van der Waals surface area contributed by atoms with Crippen molar-refractivity contribution >= 4 is 16.8 Å². The number of benzene rings is 1. The fraction of sp³-hybridized carbons (Fsp3) is 0.333. The van der Waals surface area contributed by atoms with E-state index >= 15 is 0 Å². The first-order valence-electron chi connectivity index (χ1n) is 8.06. The van der Waals surface area contributed by atoms with Crippen LogP contribution in [0.25, 0.3) is 10.9 Å². The number of ether oxygens (including phenoxy) is 1. The highest BCUT2D eigenvalue weighted by Gasteiger charge is 2.13. The largest absolute Gasteiger partial charge is 0.497 e. The van der Waals surface area contributed by atoms with Crippen molar-refractivity contribution < 1.29 is 9.53 Å². The number of H-pyrrole nitrogens is 1. The average Bonchev–Trinajstić information content (AvgIpc) is 3.24. The summed E-state index contributed by atoms with van der Waals surface area (Å²) >= 11 is 0. The minimum absolute atomic E-state index is 0.0444. The van der Waals surface area contributed by atoms with Gasteiger partial charge in [-0.2, -0.15) is 5.10 Å². The molecule has 3 aromatic rings. The van der Waals surface area contributed by atoms with Crippen LogP contribution in [-0.2, 0) is 17.8 Å². The van der Waals surface area contributed by atoms with Crippen LogP contribution >= 0.6 is 0 Å². The SMILES string of the molecule is COc1ccc2[nH]cc(CCNC(=O)C(C)Cn3cccn3)c2c1. The number of hydrogen-bond acceptors (Lipinski definition) is 3. The number of carbonyl (C=O) groups is 1. The molecule has 0 aliphatic rings. The van der Waals surface area contributed by atoms with Crippen LogP contribution < -0.4 is 10.1 Å². The molecule has 1 aromatic carbocycles. The van der Waals surface area contributed by atoms with Crippen molar-refractivity contribution in [3.8, 4) is 5.75 Å². The Bertz CT molecular complexity index is 808. The van der Waals surface area contributed by atoms with Crippen LogP contribution in [0.5, 0.6) is 5.75 Å². The van der Waals surface area contributed by atoms with Gasteiger partial charge in [0.2, 0.25) is 5.91 Å². The van der Waals surface area contributed by atoms with E-state index in [0.717, 1.165) is 23.1 Å². The van der Waals surface area contributed by atoms with Gasteiger partial charge in [-0.05, 0) is 36.2 Å². The van der Waals surface area contributed by atoms with Gasteiger partial charge in [-0.3, -0.25) is 9.48 Å². The van der Waals surface area contributed by atoms with E-state index in [4.69, 9.17) is 4.74 Å². The molecule has 0 radical (unpaired) electrons. The average molecular weight is 326 g/mol. The van der Waals surface area contributed by atoms with Gasteiger partial charge in [-0.25, -0.2) is 0 Å². The van der Waals surface area contributed by atoms with Crippen molar-refractivity contribution in [3.63, 3.8) is 0 Å². The Balaban J connectivity index is 1.55. The van der Waals surface area contributed by atoms with Crippen molar-refractivity contribution in [2.24, 2.45) is 5.92 Å². The second-order valence-corrected chi connectivity index (χ2v) is 5.90. The zero-order chi connectivity index (χ0) is 16.9. The molecule has 0 saturated carbocycles. The van der Waals surface area contributed by atoms with E-state index in [2.05, 4.69) is 15.4 Å². The van der Waals surface area contributed by atoms with Gasteiger partial charge in [-0.15, -0.1) is 0 Å². The van der Waals surface area contributed by atoms with E-state index in [9.17, 15) is 4.79 Å². The molecule has 24 heavy (non-hydrogen) atoms. The summed E-state index contributed by atoms with van der Waals surface area (Å²) in [5, 5.41) is 8.26. The fourth-order valence-electron chi connectivity index (χ4n) is 2.76. The summed E-state index contributed by atoms with van der Waals surface area (Å²) in [4.78, 5) is 15.4. The number of aromatic nitrogens is 3. The molecule has 3 rings (SSSR count). The van der Waals surface area contributed by atoms with Gasteiger partial charge < -0.3 is 15.0 Å². The summed E-state index contributed by atoms with van der Waals surface area (Å²) in [7, 11) is 1.66. The molecule has 2 heterocycles. The van der Waals surface area contributed by atoms with Crippen LogP contribution in [-0.4, -0.2) is 34.3 Å². The molecule has 0 bridgehead atoms. The molecule has 6 heteroatoms. The van der Waals surface area contributed by atoms with E-state index < -0.39 is 0 Å². The number of nitrogens with zero attached hydrogens (tertiary/aromatic N) is 2. The Morgan fingerprint density at radius 3 is 3.08 bits per heavy atom. The maximum Gasteiger partial charge on any atom is 0.224 e. The molecule has 6 nitrogen and oxygen atoms in total. The lowest BCUT2D eigenvalue weighted by Crippen LogP contribution is -2.33. The summed E-state index contributed by atoms with van der Waals surface area (Å²) in [6.45, 7) is 3.10. The molecule has 0 fully saturated rings. The molecular weight excluding hydrogens is 304 g/mol. The number of carbonyl (C=O) groups excluding carboxylic acids is 1. The molecule has 126 valence electrons. The van der Waals surface area contributed by atoms with Crippen LogP contribution in [0.3, 0.4) is 0 Å².